The number of aryl methyl sites for hydroxylation is 1. The van der Waals surface area contributed by atoms with E-state index < -0.39 is 0 Å². The zero-order valence-corrected chi connectivity index (χ0v) is 19.3. The molecular weight excluding hydrogens is 382 g/mol. The Balaban J connectivity index is 2.00. The van der Waals surface area contributed by atoms with E-state index in [0.29, 0.717) is 6.54 Å². The number of ether oxygens (including phenoxy) is 1. The first kappa shape index (κ1) is 23.1. The summed E-state index contributed by atoms with van der Waals surface area (Å²) >= 11 is 1.82. The standard InChI is InChI=1S/C23H33N3O2S/c1-16-13-19(29-23(2,3)4)11-12-20(16)25-22(27)24-15-21(26(5)6)17-9-8-10-18(14-17)28-7/h8-14,21H,15H2,1-7H3,(H2,24,25,27). The molecule has 0 aliphatic rings. The van der Waals surface area contributed by atoms with E-state index in [1.54, 1.807) is 7.11 Å². The molecule has 158 valence electrons. The summed E-state index contributed by atoms with van der Waals surface area (Å²) in [4.78, 5) is 15.8. The second-order valence-electron chi connectivity index (χ2n) is 8.28. The molecule has 0 aromatic heterocycles. The molecule has 1 atom stereocenters. The number of urea groups is 1. The lowest BCUT2D eigenvalue weighted by atomic mass is 10.1. The Bertz CT molecular complexity index is 831. The fraction of sp³-hybridized carbons (Fsp3) is 0.435. The molecule has 2 N–H and O–H groups in total. The minimum Gasteiger partial charge on any atom is -0.497 e. The van der Waals surface area contributed by atoms with Crippen LogP contribution in [-0.4, -0.2) is 43.4 Å². The summed E-state index contributed by atoms with van der Waals surface area (Å²) in [6.07, 6.45) is 0. The van der Waals surface area contributed by atoms with E-state index >= 15 is 0 Å². The van der Waals surface area contributed by atoms with E-state index in [2.05, 4.69) is 48.4 Å². The largest absolute Gasteiger partial charge is 0.497 e. The first-order valence-electron chi connectivity index (χ1n) is 9.74. The van der Waals surface area contributed by atoms with Crippen molar-refractivity contribution in [3.63, 3.8) is 0 Å². The number of anilines is 1. The normalized spacial score (nSPS) is 12.6. The van der Waals surface area contributed by atoms with Crippen LogP contribution >= 0.6 is 11.8 Å². The Morgan fingerprint density at radius 3 is 2.48 bits per heavy atom. The first-order valence-corrected chi connectivity index (χ1v) is 10.6. The lowest BCUT2D eigenvalue weighted by molar-refractivity contribution is 0.243. The fourth-order valence-corrected chi connectivity index (χ4v) is 4.08. The zero-order chi connectivity index (χ0) is 21.6. The van der Waals surface area contributed by atoms with Gasteiger partial charge in [0.1, 0.15) is 5.75 Å². The number of rotatable bonds is 7. The lowest BCUT2D eigenvalue weighted by Crippen LogP contribution is -2.37. The van der Waals surface area contributed by atoms with Gasteiger partial charge in [-0.05, 0) is 62.5 Å². The Kier molecular flexibility index (Phi) is 7.99. The molecule has 0 saturated carbocycles. The predicted octanol–water partition coefficient (Wildman–Crippen LogP) is 5.32. The smallest absolute Gasteiger partial charge is 0.319 e. The number of thioether (sulfide) groups is 1. The number of hydrogen-bond donors (Lipinski definition) is 2. The van der Waals surface area contributed by atoms with Gasteiger partial charge in [-0.25, -0.2) is 4.79 Å². The van der Waals surface area contributed by atoms with Crippen molar-refractivity contribution in [1.82, 2.24) is 10.2 Å². The average Bonchev–Trinajstić information content (AvgIpc) is 2.63. The number of benzene rings is 2. The monoisotopic (exact) mass is 415 g/mol. The molecule has 0 fully saturated rings. The highest BCUT2D eigenvalue weighted by atomic mass is 32.2. The highest BCUT2D eigenvalue weighted by molar-refractivity contribution is 8.00. The molecule has 0 spiro atoms. The fourth-order valence-electron chi connectivity index (χ4n) is 3.00. The van der Waals surface area contributed by atoms with E-state index in [-0.39, 0.29) is 16.8 Å². The van der Waals surface area contributed by atoms with Crippen LogP contribution in [0.15, 0.2) is 47.4 Å². The molecule has 2 rings (SSSR count). The van der Waals surface area contributed by atoms with Gasteiger partial charge in [0, 0.05) is 21.9 Å². The molecule has 1 unspecified atom stereocenters. The Morgan fingerprint density at radius 1 is 1.17 bits per heavy atom. The van der Waals surface area contributed by atoms with Crippen LogP contribution in [0.2, 0.25) is 0 Å². The molecule has 2 aromatic rings. The van der Waals surface area contributed by atoms with E-state index in [4.69, 9.17) is 4.74 Å². The van der Waals surface area contributed by atoms with Gasteiger partial charge in [-0.2, -0.15) is 0 Å². The van der Waals surface area contributed by atoms with Crippen molar-refractivity contribution in [3.8, 4) is 5.75 Å². The average molecular weight is 416 g/mol. The maximum absolute atomic E-state index is 12.5. The number of nitrogens with one attached hydrogen (secondary N) is 2. The van der Waals surface area contributed by atoms with Crippen LogP contribution < -0.4 is 15.4 Å². The SMILES string of the molecule is COc1cccc(C(CNC(=O)Nc2ccc(SC(C)(C)C)cc2C)N(C)C)c1. The third-order valence-corrected chi connectivity index (χ3v) is 5.53. The topological polar surface area (TPSA) is 53.6 Å². The van der Waals surface area contributed by atoms with E-state index in [0.717, 1.165) is 22.6 Å². The number of carbonyl (C=O) groups is 1. The minimum absolute atomic E-state index is 0.0440. The van der Waals surface area contributed by atoms with Gasteiger partial charge in [-0.3, -0.25) is 0 Å². The molecule has 0 radical (unpaired) electrons. The van der Waals surface area contributed by atoms with Crippen molar-refractivity contribution in [1.29, 1.82) is 0 Å². The van der Waals surface area contributed by atoms with Gasteiger partial charge in [-0.15, -0.1) is 11.8 Å². The maximum Gasteiger partial charge on any atom is 0.319 e. The van der Waals surface area contributed by atoms with Gasteiger partial charge in [0.15, 0.2) is 0 Å². The molecule has 5 nitrogen and oxygen atoms in total. The summed E-state index contributed by atoms with van der Waals surface area (Å²) in [7, 11) is 5.65. The van der Waals surface area contributed by atoms with E-state index in [1.807, 2.05) is 63.1 Å². The summed E-state index contributed by atoms with van der Waals surface area (Å²) in [5.41, 5.74) is 2.96. The summed E-state index contributed by atoms with van der Waals surface area (Å²) in [5, 5.41) is 5.96. The zero-order valence-electron chi connectivity index (χ0n) is 18.5. The van der Waals surface area contributed by atoms with Gasteiger partial charge < -0.3 is 20.3 Å². The summed E-state index contributed by atoms with van der Waals surface area (Å²) < 4.78 is 5.48. The molecule has 6 heteroatoms. The quantitative estimate of drug-likeness (QED) is 0.601. The number of likely N-dealkylation sites (N-methyl/N-ethyl adjacent to an activating group) is 1. The van der Waals surface area contributed by atoms with Gasteiger partial charge in [0.2, 0.25) is 0 Å². The first-order chi connectivity index (χ1) is 13.6. The van der Waals surface area contributed by atoms with Crippen molar-refractivity contribution in [2.45, 2.75) is 43.4 Å². The van der Waals surface area contributed by atoms with Crippen LogP contribution in [-0.2, 0) is 0 Å². The van der Waals surface area contributed by atoms with Crippen LogP contribution in [0.5, 0.6) is 5.75 Å². The molecule has 2 amide bonds. The molecule has 0 heterocycles. The molecular formula is C23H33N3O2S. The van der Waals surface area contributed by atoms with Crippen LogP contribution in [0.25, 0.3) is 0 Å². The number of hydrogen-bond acceptors (Lipinski definition) is 4. The predicted molar refractivity (Wildman–Crippen MR) is 123 cm³/mol. The summed E-state index contributed by atoms with van der Waals surface area (Å²) in [5.74, 6) is 0.808. The van der Waals surface area contributed by atoms with E-state index in [1.165, 1.54) is 4.90 Å². The highest BCUT2D eigenvalue weighted by Gasteiger charge is 2.17. The number of methoxy groups -OCH3 is 1. The van der Waals surface area contributed by atoms with Gasteiger partial charge >= 0.3 is 6.03 Å². The number of amides is 2. The Labute approximate surface area is 179 Å². The number of carbonyl (C=O) groups excluding carboxylic acids is 1. The van der Waals surface area contributed by atoms with Crippen molar-refractivity contribution >= 4 is 23.5 Å². The Morgan fingerprint density at radius 2 is 1.90 bits per heavy atom. The van der Waals surface area contributed by atoms with Crippen LogP contribution in [0.1, 0.15) is 37.9 Å². The minimum atomic E-state index is -0.209. The molecule has 29 heavy (non-hydrogen) atoms. The molecule has 2 aromatic carbocycles. The van der Waals surface area contributed by atoms with Gasteiger partial charge in [0.25, 0.3) is 0 Å². The summed E-state index contributed by atoms with van der Waals surface area (Å²) in [6, 6.07) is 13.9. The van der Waals surface area contributed by atoms with Crippen LogP contribution in [0, 0.1) is 6.92 Å². The highest BCUT2D eigenvalue weighted by Crippen LogP contribution is 2.33. The third-order valence-electron chi connectivity index (χ3n) is 4.43. The van der Waals surface area contributed by atoms with Gasteiger partial charge in [0.05, 0.1) is 13.2 Å². The van der Waals surface area contributed by atoms with Crippen LogP contribution in [0.3, 0.4) is 0 Å². The lowest BCUT2D eigenvalue weighted by Gasteiger charge is -2.25. The second-order valence-corrected chi connectivity index (χ2v) is 10.2. The molecule has 0 aliphatic heterocycles. The Hall–Kier alpha value is -2.18. The maximum atomic E-state index is 12.5. The van der Waals surface area contributed by atoms with Crippen molar-refractivity contribution in [3.05, 3.63) is 53.6 Å². The molecule has 0 aliphatic carbocycles. The number of nitrogens with zero attached hydrogens (tertiary/aromatic N) is 1. The second kappa shape index (κ2) is 10.0. The van der Waals surface area contributed by atoms with Crippen molar-refractivity contribution < 1.29 is 9.53 Å². The van der Waals surface area contributed by atoms with Crippen LogP contribution in [0.4, 0.5) is 10.5 Å². The molecule has 0 bridgehead atoms. The van der Waals surface area contributed by atoms with Crippen molar-refractivity contribution in [2.24, 2.45) is 0 Å². The van der Waals surface area contributed by atoms with Gasteiger partial charge in [-0.1, -0.05) is 32.9 Å². The molecule has 0 saturated heterocycles. The third kappa shape index (κ3) is 7.29. The van der Waals surface area contributed by atoms with Crippen molar-refractivity contribution in [2.75, 3.05) is 33.1 Å². The summed E-state index contributed by atoms with van der Waals surface area (Å²) in [6.45, 7) is 9.08. The van der Waals surface area contributed by atoms with E-state index in [9.17, 15) is 4.79 Å².